The zero-order valence-corrected chi connectivity index (χ0v) is 21.8. The molecule has 3 heterocycles. The molecule has 0 atom stereocenters. The average Bonchev–Trinajstić information content (AvgIpc) is 3.40. The molecule has 0 aliphatic carbocycles. The first-order valence-corrected chi connectivity index (χ1v) is 12.0. The van der Waals surface area contributed by atoms with Gasteiger partial charge in [-0.2, -0.15) is 15.0 Å². The van der Waals surface area contributed by atoms with Gasteiger partial charge in [-0.3, -0.25) is 4.57 Å². The molecule has 2 aromatic carbocycles. The van der Waals surface area contributed by atoms with Crippen molar-refractivity contribution in [2.75, 3.05) is 10.6 Å². The van der Waals surface area contributed by atoms with Crippen molar-refractivity contribution in [1.82, 2.24) is 39.1 Å². The zero-order chi connectivity index (χ0) is 26.6. The Morgan fingerprint density at radius 3 is 1.97 bits per heavy atom. The number of aromatic nitrogens is 8. The highest BCUT2D eigenvalue weighted by Crippen LogP contribution is 2.17. The maximum absolute atomic E-state index is 4.79. The monoisotopic (exact) mass is 508 g/mol. The van der Waals surface area contributed by atoms with Crippen molar-refractivity contribution >= 4 is 35.1 Å². The lowest BCUT2D eigenvalue weighted by atomic mass is 10.3. The molecule has 5 rings (SSSR count). The van der Waals surface area contributed by atoms with Crippen molar-refractivity contribution in [3.8, 4) is 5.95 Å². The van der Waals surface area contributed by atoms with Crippen LogP contribution in [0.25, 0.3) is 5.95 Å². The van der Waals surface area contributed by atoms with E-state index < -0.39 is 0 Å². The van der Waals surface area contributed by atoms with Crippen LogP contribution in [-0.2, 0) is 14.1 Å². The summed E-state index contributed by atoms with van der Waals surface area (Å²) in [4.78, 5) is 23.2. The minimum absolute atomic E-state index is 0.423. The maximum atomic E-state index is 4.79. The molecule has 5 aromatic rings. The fourth-order valence-electron chi connectivity index (χ4n) is 3.87. The van der Waals surface area contributed by atoms with Crippen molar-refractivity contribution in [3.63, 3.8) is 0 Å². The number of rotatable bonds is 6. The van der Waals surface area contributed by atoms with Crippen LogP contribution in [0.2, 0.25) is 0 Å². The van der Waals surface area contributed by atoms with E-state index in [1.165, 1.54) is 0 Å². The average molecular weight is 509 g/mol. The van der Waals surface area contributed by atoms with E-state index in [0.717, 1.165) is 17.1 Å². The second-order valence-electron chi connectivity index (χ2n) is 8.61. The number of aliphatic imine (C=N–C) groups is 1. The maximum Gasteiger partial charge on any atom is 0.251 e. The zero-order valence-electron chi connectivity index (χ0n) is 21.8. The molecule has 0 aliphatic heterocycles. The number of nitrogens with zero attached hydrogens (tertiary/aromatic N) is 10. The second-order valence-corrected chi connectivity index (χ2v) is 8.61. The van der Waals surface area contributed by atoms with Gasteiger partial charge in [0, 0.05) is 37.2 Å². The molecule has 0 spiro atoms. The summed E-state index contributed by atoms with van der Waals surface area (Å²) in [7, 11) is 3.62. The Morgan fingerprint density at radius 1 is 0.763 bits per heavy atom. The molecule has 38 heavy (non-hydrogen) atoms. The molecular weight excluding hydrogens is 480 g/mol. The summed E-state index contributed by atoms with van der Waals surface area (Å²) >= 11 is 0. The number of nitrogens with one attached hydrogen (secondary N) is 2. The van der Waals surface area contributed by atoms with Gasteiger partial charge in [0.1, 0.15) is 17.1 Å². The molecule has 3 aromatic heterocycles. The van der Waals surface area contributed by atoms with Crippen LogP contribution >= 0.6 is 0 Å². The molecule has 2 N–H and O–H groups in total. The summed E-state index contributed by atoms with van der Waals surface area (Å²) in [5.41, 5.74) is 3.22. The Labute approximate surface area is 219 Å². The minimum atomic E-state index is 0.423. The number of benzene rings is 2. The number of hydrogen-bond acceptors (Lipinski definition) is 8. The highest BCUT2D eigenvalue weighted by Gasteiger charge is 2.14. The van der Waals surface area contributed by atoms with Gasteiger partial charge in [0.15, 0.2) is 0 Å². The van der Waals surface area contributed by atoms with E-state index in [1.54, 1.807) is 16.4 Å². The molecule has 0 bridgehead atoms. The Kier molecular flexibility index (Phi) is 6.76. The van der Waals surface area contributed by atoms with Gasteiger partial charge in [0.2, 0.25) is 17.8 Å². The van der Waals surface area contributed by atoms with Gasteiger partial charge in [-0.1, -0.05) is 36.4 Å². The standard InChI is InChI=1S/C26H28N12/c1-17-16-22(28-18(2)29-25-32-23(34-36(25)4)30-20-12-8-6-9-13-20)38(19(3)27-17)26-33-24(35-37(26)5)31-21-14-10-7-11-15-21/h6-16H,1-5H3,(H,30,34)(H,31,35)/b28-22?,29-18+. The number of aryl methyl sites for hydroxylation is 4. The molecule has 12 nitrogen and oxygen atoms in total. The van der Waals surface area contributed by atoms with E-state index in [0.29, 0.717) is 40.9 Å². The molecule has 0 unspecified atom stereocenters. The van der Waals surface area contributed by atoms with Crippen molar-refractivity contribution in [2.45, 2.75) is 20.8 Å². The summed E-state index contributed by atoms with van der Waals surface area (Å²) < 4.78 is 5.13. The van der Waals surface area contributed by atoms with E-state index in [2.05, 4.69) is 35.8 Å². The van der Waals surface area contributed by atoms with Crippen LogP contribution in [0, 0.1) is 13.8 Å². The quantitative estimate of drug-likeness (QED) is 0.263. The van der Waals surface area contributed by atoms with Gasteiger partial charge in [-0.25, -0.2) is 19.3 Å². The molecule has 0 saturated carbocycles. The molecule has 0 saturated heterocycles. The second kappa shape index (κ2) is 10.5. The predicted molar refractivity (Wildman–Crippen MR) is 146 cm³/mol. The first-order chi connectivity index (χ1) is 18.4. The van der Waals surface area contributed by atoms with E-state index in [-0.39, 0.29) is 0 Å². The SMILES string of the molecule is C/C(N=c1cc(C)nc(C)n1-c1nc(Nc2ccccc2)nn1C)=N\c1nc(Nc2ccccc2)nn1C. The van der Waals surface area contributed by atoms with Crippen LogP contribution in [0.3, 0.4) is 0 Å². The highest BCUT2D eigenvalue weighted by molar-refractivity contribution is 5.82. The summed E-state index contributed by atoms with van der Waals surface area (Å²) in [6.07, 6.45) is 0. The summed E-state index contributed by atoms with van der Waals surface area (Å²) in [5, 5.41) is 15.3. The molecule has 12 heteroatoms. The van der Waals surface area contributed by atoms with Crippen LogP contribution in [0.5, 0.6) is 0 Å². The van der Waals surface area contributed by atoms with Gasteiger partial charge in [-0.05, 0) is 45.0 Å². The topological polar surface area (TPSA) is 128 Å². The largest absolute Gasteiger partial charge is 0.323 e. The van der Waals surface area contributed by atoms with Crippen LogP contribution in [-0.4, -0.2) is 44.9 Å². The molecule has 0 fully saturated rings. The third-order valence-corrected chi connectivity index (χ3v) is 5.51. The van der Waals surface area contributed by atoms with Crippen molar-refractivity contribution < 1.29 is 0 Å². The highest BCUT2D eigenvalue weighted by atomic mass is 15.4. The number of hydrogen-bond donors (Lipinski definition) is 2. The Bertz CT molecular complexity index is 1660. The third-order valence-electron chi connectivity index (χ3n) is 5.51. The van der Waals surface area contributed by atoms with Crippen molar-refractivity contribution in [2.24, 2.45) is 24.1 Å². The van der Waals surface area contributed by atoms with E-state index in [4.69, 9.17) is 9.98 Å². The molecule has 0 aliphatic rings. The number of para-hydroxylation sites is 2. The third kappa shape index (κ3) is 5.48. The molecular formula is C26H28N12. The first-order valence-electron chi connectivity index (χ1n) is 12.0. The lowest BCUT2D eigenvalue weighted by Crippen LogP contribution is -2.27. The molecule has 0 radical (unpaired) electrons. The van der Waals surface area contributed by atoms with Gasteiger partial charge in [0.25, 0.3) is 5.95 Å². The van der Waals surface area contributed by atoms with E-state index in [1.807, 2.05) is 99.1 Å². The molecule has 0 amide bonds. The minimum Gasteiger partial charge on any atom is -0.323 e. The van der Waals surface area contributed by atoms with Gasteiger partial charge in [0.05, 0.1) is 0 Å². The lowest BCUT2D eigenvalue weighted by Gasteiger charge is -2.10. The summed E-state index contributed by atoms with van der Waals surface area (Å²) in [6, 6.07) is 21.4. The van der Waals surface area contributed by atoms with Crippen LogP contribution in [0.1, 0.15) is 18.4 Å². The number of anilines is 4. The normalized spacial score (nSPS) is 12.1. The van der Waals surface area contributed by atoms with Gasteiger partial charge in [-0.15, -0.1) is 10.2 Å². The Balaban J connectivity index is 1.49. The molecule has 192 valence electrons. The van der Waals surface area contributed by atoms with E-state index in [9.17, 15) is 0 Å². The van der Waals surface area contributed by atoms with E-state index >= 15 is 0 Å². The van der Waals surface area contributed by atoms with Crippen LogP contribution < -0.4 is 16.1 Å². The summed E-state index contributed by atoms with van der Waals surface area (Å²) in [6.45, 7) is 5.64. The van der Waals surface area contributed by atoms with Gasteiger partial charge < -0.3 is 10.6 Å². The Hall–Kier alpha value is -5.13. The Morgan fingerprint density at radius 2 is 1.34 bits per heavy atom. The fraction of sp³-hybridized carbons (Fsp3) is 0.192. The van der Waals surface area contributed by atoms with Crippen LogP contribution in [0.15, 0.2) is 76.7 Å². The summed E-state index contributed by atoms with van der Waals surface area (Å²) in [5.74, 6) is 3.12. The van der Waals surface area contributed by atoms with Crippen molar-refractivity contribution in [1.29, 1.82) is 0 Å². The van der Waals surface area contributed by atoms with Crippen LogP contribution in [0.4, 0.5) is 29.2 Å². The van der Waals surface area contributed by atoms with Crippen molar-refractivity contribution in [3.05, 3.63) is 83.7 Å². The number of amidine groups is 1. The smallest absolute Gasteiger partial charge is 0.251 e. The fourth-order valence-corrected chi connectivity index (χ4v) is 3.87. The van der Waals surface area contributed by atoms with Gasteiger partial charge >= 0.3 is 0 Å². The lowest BCUT2D eigenvalue weighted by molar-refractivity contribution is 0.688. The first kappa shape index (κ1) is 24.6. The predicted octanol–water partition coefficient (Wildman–Crippen LogP) is 3.88.